The number of anilines is 1. The minimum atomic E-state index is -0.0729. The Morgan fingerprint density at radius 2 is 2.37 bits per heavy atom. The molecular formula is C15H20N2O2. The van der Waals surface area contributed by atoms with E-state index in [-0.39, 0.29) is 12.5 Å². The molecule has 1 unspecified atom stereocenters. The Labute approximate surface area is 113 Å². The molecule has 1 fully saturated rings. The smallest absolute Gasteiger partial charge is 0.262 e. The molecule has 4 heteroatoms. The maximum absolute atomic E-state index is 11.3. The van der Waals surface area contributed by atoms with Crippen molar-refractivity contribution in [3.05, 3.63) is 23.8 Å². The summed E-state index contributed by atoms with van der Waals surface area (Å²) in [4.78, 5) is 13.8. The van der Waals surface area contributed by atoms with E-state index in [1.807, 2.05) is 12.1 Å². The highest BCUT2D eigenvalue weighted by Crippen LogP contribution is 2.33. The molecule has 0 aliphatic carbocycles. The van der Waals surface area contributed by atoms with Crippen LogP contribution in [0, 0.1) is 5.92 Å². The topological polar surface area (TPSA) is 41.6 Å². The zero-order valence-electron chi connectivity index (χ0n) is 11.3. The minimum absolute atomic E-state index is 0.0729. The number of fused-ring (bicyclic) bond motifs is 1. The van der Waals surface area contributed by atoms with Crippen LogP contribution < -0.4 is 10.1 Å². The lowest BCUT2D eigenvalue weighted by Gasteiger charge is -2.31. The second-order valence-corrected chi connectivity index (χ2v) is 5.61. The van der Waals surface area contributed by atoms with Crippen LogP contribution in [0.25, 0.3) is 0 Å². The van der Waals surface area contributed by atoms with Crippen molar-refractivity contribution in [2.45, 2.75) is 26.3 Å². The van der Waals surface area contributed by atoms with Gasteiger partial charge in [-0.25, -0.2) is 0 Å². The van der Waals surface area contributed by atoms with E-state index < -0.39 is 0 Å². The predicted molar refractivity (Wildman–Crippen MR) is 74.2 cm³/mol. The number of piperidine rings is 1. The third-order valence-corrected chi connectivity index (χ3v) is 3.85. The van der Waals surface area contributed by atoms with Gasteiger partial charge in [-0.1, -0.05) is 19.1 Å². The minimum Gasteiger partial charge on any atom is -0.481 e. The second kappa shape index (κ2) is 5.21. The Morgan fingerprint density at radius 3 is 3.21 bits per heavy atom. The summed E-state index contributed by atoms with van der Waals surface area (Å²) < 4.78 is 5.60. The summed E-state index contributed by atoms with van der Waals surface area (Å²) in [6.07, 6.45) is 2.60. The number of carbonyl (C=O) groups excluding carboxylic acids is 1. The van der Waals surface area contributed by atoms with Crippen LogP contribution in [-0.2, 0) is 11.3 Å². The first-order valence-corrected chi connectivity index (χ1v) is 6.99. The fourth-order valence-corrected chi connectivity index (χ4v) is 2.97. The van der Waals surface area contributed by atoms with Crippen LogP contribution in [0.1, 0.15) is 25.3 Å². The van der Waals surface area contributed by atoms with Gasteiger partial charge in [0.15, 0.2) is 6.61 Å². The number of rotatable bonds is 2. The molecule has 1 saturated heterocycles. The fraction of sp³-hybridized carbons (Fsp3) is 0.533. The van der Waals surface area contributed by atoms with Gasteiger partial charge in [-0.15, -0.1) is 0 Å². The molecule has 2 heterocycles. The Bertz CT molecular complexity index is 487. The molecule has 102 valence electrons. The SMILES string of the molecule is CC1CCCN(Cc2cccc3c2OCC(=O)N3)C1. The second-order valence-electron chi connectivity index (χ2n) is 5.61. The maximum Gasteiger partial charge on any atom is 0.262 e. The third-order valence-electron chi connectivity index (χ3n) is 3.85. The molecule has 1 atom stereocenters. The van der Waals surface area contributed by atoms with E-state index in [0.717, 1.165) is 37.0 Å². The number of ether oxygens (including phenoxy) is 1. The Hall–Kier alpha value is -1.55. The van der Waals surface area contributed by atoms with Gasteiger partial charge < -0.3 is 10.1 Å². The van der Waals surface area contributed by atoms with Gasteiger partial charge in [0.2, 0.25) is 0 Å². The predicted octanol–water partition coefficient (Wildman–Crippen LogP) is 2.25. The summed E-state index contributed by atoms with van der Waals surface area (Å²) in [5, 5.41) is 2.86. The number of benzene rings is 1. The number of carbonyl (C=O) groups is 1. The molecule has 1 N–H and O–H groups in total. The molecule has 19 heavy (non-hydrogen) atoms. The van der Waals surface area contributed by atoms with Crippen molar-refractivity contribution in [2.75, 3.05) is 25.0 Å². The highest BCUT2D eigenvalue weighted by molar-refractivity contribution is 5.95. The van der Waals surface area contributed by atoms with Gasteiger partial charge in [0.25, 0.3) is 5.91 Å². The fourth-order valence-electron chi connectivity index (χ4n) is 2.97. The molecule has 1 aromatic rings. The van der Waals surface area contributed by atoms with Crippen LogP contribution in [0.4, 0.5) is 5.69 Å². The lowest BCUT2D eigenvalue weighted by Crippen LogP contribution is -2.34. The van der Waals surface area contributed by atoms with Crippen LogP contribution in [0.2, 0.25) is 0 Å². The van der Waals surface area contributed by atoms with E-state index >= 15 is 0 Å². The largest absolute Gasteiger partial charge is 0.481 e. The van der Waals surface area contributed by atoms with Crippen LogP contribution in [0.15, 0.2) is 18.2 Å². The summed E-state index contributed by atoms with van der Waals surface area (Å²) in [6.45, 7) is 5.64. The van der Waals surface area contributed by atoms with Crippen molar-refractivity contribution in [1.82, 2.24) is 4.90 Å². The standard InChI is InChI=1S/C15H20N2O2/c1-11-4-3-7-17(8-11)9-12-5-2-6-13-15(12)19-10-14(18)16-13/h2,5-6,11H,3-4,7-10H2,1H3,(H,16,18). The van der Waals surface area contributed by atoms with Crippen LogP contribution in [0.5, 0.6) is 5.75 Å². The highest BCUT2D eigenvalue weighted by Gasteiger charge is 2.22. The number of nitrogens with zero attached hydrogens (tertiary/aromatic N) is 1. The zero-order chi connectivity index (χ0) is 13.2. The zero-order valence-corrected chi connectivity index (χ0v) is 11.3. The molecule has 0 spiro atoms. The van der Waals surface area contributed by atoms with Gasteiger partial charge >= 0.3 is 0 Å². The van der Waals surface area contributed by atoms with Crippen molar-refractivity contribution >= 4 is 11.6 Å². The number of likely N-dealkylation sites (tertiary alicyclic amines) is 1. The molecule has 2 aliphatic heterocycles. The van der Waals surface area contributed by atoms with Crippen molar-refractivity contribution in [3.8, 4) is 5.75 Å². The highest BCUT2D eigenvalue weighted by atomic mass is 16.5. The van der Waals surface area contributed by atoms with Crippen molar-refractivity contribution in [3.63, 3.8) is 0 Å². The van der Waals surface area contributed by atoms with Crippen molar-refractivity contribution < 1.29 is 9.53 Å². The lowest BCUT2D eigenvalue weighted by molar-refractivity contribution is -0.118. The van der Waals surface area contributed by atoms with E-state index in [9.17, 15) is 4.79 Å². The van der Waals surface area contributed by atoms with E-state index in [0.29, 0.717) is 0 Å². The molecule has 0 saturated carbocycles. The number of para-hydroxylation sites is 1. The summed E-state index contributed by atoms with van der Waals surface area (Å²) in [5.41, 5.74) is 1.98. The van der Waals surface area contributed by atoms with Gasteiger partial charge in [0.1, 0.15) is 5.75 Å². The van der Waals surface area contributed by atoms with Gasteiger partial charge in [-0.05, 0) is 31.4 Å². The monoisotopic (exact) mass is 260 g/mol. The summed E-state index contributed by atoms with van der Waals surface area (Å²) in [6, 6.07) is 5.97. The molecule has 0 radical (unpaired) electrons. The number of hydrogen-bond acceptors (Lipinski definition) is 3. The van der Waals surface area contributed by atoms with E-state index in [1.165, 1.54) is 18.4 Å². The van der Waals surface area contributed by atoms with E-state index in [4.69, 9.17) is 4.74 Å². The quantitative estimate of drug-likeness (QED) is 0.886. The molecule has 3 rings (SSSR count). The summed E-state index contributed by atoms with van der Waals surface area (Å²) >= 11 is 0. The van der Waals surface area contributed by atoms with Crippen LogP contribution in [0.3, 0.4) is 0 Å². The van der Waals surface area contributed by atoms with Gasteiger partial charge in [-0.3, -0.25) is 9.69 Å². The molecular weight excluding hydrogens is 240 g/mol. The maximum atomic E-state index is 11.3. The Morgan fingerprint density at radius 1 is 1.47 bits per heavy atom. The summed E-state index contributed by atoms with van der Waals surface area (Å²) in [7, 11) is 0. The molecule has 1 amide bonds. The average molecular weight is 260 g/mol. The van der Waals surface area contributed by atoms with Crippen LogP contribution in [-0.4, -0.2) is 30.5 Å². The van der Waals surface area contributed by atoms with Crippen molar-refractivity contribution in [1.29, 1.82) is 0 Å². The first kappa shape index (κ1) is 12.5. The van der Waals surface area contributed by atoms with E-state index in [1.54, 1.807) is 0 Å². The molecule has 0 aromatic heterocycles. The van der Waals surface area contributed by atoms with Gasteiger partial charge in [0.05, 0.1) is 5.69 Å². The van der Waals surface area contributed by atoms with Crippen molar-refractivity contribution in [2.24, 2.45) is 5.92 Å². The number of hydrogen-bond donors (Lipinski definition) is 1. The molecule has 2 aliphatic rings. The first-order valence-electron chi connectivity index (χ1n) is 6.99. The lowest BCUT2D eigenvalue weighted by atomic mass is 9.99. The number of amides is 1. The summed E-state index contributed by atoms with van der Waals surface area (Å²) in [5.74, 6) is 1.55. The normalized spacial score (nSPS) is 23.4. The third kappa shape index (κ3) is 2.73. The van der Waals surface area contributed by atoms with Crippen LogP contribution >= 0.6 is 0 Å². The molecule has 0 bridgehead atoms. The number of nitrogens with one attached hydrogen (secondary N) is 1. The van der Waals surface area contributed by atoms with E-state index in [2.05, 4.69) is 23.2 Å². The Kier molecular flexibility index (Phi) is 3.42. The van der Waals surface area contributed by atoms with Gasteiger partial charge in [0, 0.05) is 18.7 Å². The first-order chi connectivity index (χ1) is 9.22. The molecule has 4 nitrogen and oxygen atoms in total. The Balaban J connectivity index is 1.78. The average Bonchev–Trinajstić information content (AvgIpc) is 2.38. The molecule has 1 aromatic carbocycles. The van der Waals surface area contributed by atoms with Gasteiger partial charge in [-0.2, -0.15) is 0 Å².